The Bertz CT molecular complexity index is 533. The minimum atomic E-state index is 0.233. The summed E-state index contributed by atoms with van der Waals surface area (Å²) in [4.78, 5) is 15.2. The lowest BCUT2D eigenvalue weighted by Gasteiger charge is -2.28. The number of thiophene rings is 1. The zero-order chi connectivity index (χ0) is 11.7. The van der Waals surface area contributed by atoms with Crippen molar-refractivity contribution < 1.29 is 4.79 Å². The molecule has 3 rings (SSSR count). The van der Waals surface area contributed by atoms with Crippen molar-refractivity contribution >= 4 is 17.2 Å². The van der Waals surface area contributed by atoms with Crippen LogP contribution >= 0.6 is 11.3 Å². The summed E-state index contributed by atoms with van der Waals surface area (Å²) in [5.74, 6) is 0.233. The number of hydrogen-bond acceptors (Lipinski definition) is 2. The van der Waals surface area contributed by atoms with E-state index in [0.717, 1.165) is 13.1 Å². The molecular weight excluding hydrogens is 230 g/mol. The zero-order valence-corrected chi connectivity index (χ0v) is 10.2. The molecule has 0 N–H and O–H groups in total. The van der Waals surface area contributed by atoms with Crippen molar-refractivity contribution in [3.63, 3.8) is 0 Å². The van der Waals surface area contributed by atoms with Crippen LogP contribution in [-0.4, -0.2) is 10.8 Å². The first kappa shape index (κ1) is 10.5. The van der Waals surface area contributed by atoms with Gasteiger partial charge in [0.15, 0.2) is 0 Å². The molecule has 0 radical (unpaired) electrons. The Morgan fingerprint density at radius 3 is 2.71 bits per heavy atom. The van der Waals surface area contributed by atoms with E-state index >= 15 is 0 Å². The lowest BCUT2D eigenvalue weighted by molar-refractivity contribution is -0.132. The van der Waals surface area contributed by atoms with Crippen LogP contribution in [0.15, 0.2) is 41.8 Å². The second-order valence-electron chi connectivity index (χ2n) is 4.27. The third-order valence-electron chi connectivity index (χ3n) is 3.10. The number of hydrogen-bond donors (Lipinski definition) is 0. The summed E-state index contributed by atoms with van der Waals surface area (Å²) in [6.45, 7) is 1.48. The Kier molecular flexibility index (Phi) is 2.69. The van der Waals surface area contributed by atoms with E-state index in [1.54, 1.807) is 11.3 Å². The molecular formula is C14H13NOS. The van der Waals surface area contributed by atoms with E-state index in [-0.39, 0.29) is 5.91 Å². The molecule has 1 aromatic carbocycles. The van der Waals surface area contributed by atoms with Gasteiger partial charge < -0.3 is 4.90 Å². The van der Waals surface area contributed by atoms with Gasteiger partial charge in [-0.2, -0.15) is 0 Å². The maximum Gasteiger partial charge on any atom is 0.227 e. The summed E-state index contributed by atoms with van der Waals surface area (Å²) in [5.41, 5.74) is 2.46. The Hall–Kier alpha value is -1.61. The molecule has 0 bridgehead atoms. The fourth-order valence-corrected chi connectivity index (χ4v) is 2.91. The second kappa shape index (κ2) is 4.34. The highest BCUT2D eigenvalue weighted by molar-refractivity contribution is 7.09. The van der Waals surface area contributed by atoms with Crippen LogP contribution in [0.4, 0.5) is 0 Å². The Morgan fingerprint density at radius 1 is 1.12 bits per heavy atom. The summed E-state index contributed by atoms with van der Waals surface area (Å²) in [6, 6.07) is 12.3. The molecule has 0 aliphatic carbocycles. The van der Waals surface area contributed by atoms with Gasteiger partial charge in [0.1, 0.15) is 0 Å². The van der Waals surface area contributed by atoms with Crippen LogP contribution < -0.4 is 0 Å². The third-order valence-corrected chi connectivity index (χ3v) is 3.96. The van der Waals surface area contributed by atoms with Crippen molar-refractivity contribution in [2.24, 2.45) is 0 Å². The Balaban J connectivity index is 1.82. The number of amides is 1. The van der Waals surface area contributed by atoms with Crippen LogP contribution in [0.5, 0.6) is 0 Å². The highest BCUT2D eigenvalue weighted by Gasteiger charge is 2.22. The smallest absolute Gasteiger partial charge is 0.227 e. The van der Waals surface area contributed by atoms with Crippen LogP contribution in [0, 0.1) is 0 Å². The predicted molar refractivity (Wildman–Crippen MR) is 68.7 cm³/mol. The Morgan fingerprint density at radius 2 is 1.94 bits per heavy atom. The van der Waals surface area contributed by atoms with E-state index < -0.39 is 0 Å². The SMILES string of the molecule is O=C1Cc2ccccc2CN1Cc1cccs1. The highest BCUT2D eigenvalue weighted by Crippen LogP contribution is 2.22. The van der Waals surface area contributed by atoms with E-state index in [0.29, 0.717) is 6.42 Å². The first-order chi connectivity index (χ1) is 8.33. The van der Waals surface area contributed by atoms with Gasteiger partial charge in [-0.3, -0.25) is 4.79 Å². The topological polar surface area (TPSA) is 20.3 Å². The molecule has 1 aliphatic heterocycles. The molecule has 0 fully saturated rings. The zero-order valence-electron chi connectivity index (χ0n) is 9.43. The molecule has 0 spiro atoms. The molecule has 86 valence electrons. The average molecular weight is 243 g/mol. The molecule has 0 unspecified atom stereocenters. The summed E-state index contributed by atoms with van der Waals surface area (Å²) in [7, 11) is 0. The maximum atomic E-state index is 12.0. The fraction of sp³-hybridized carbons (Fsp3) is 0.214. The number of carbonyl (C=O) groups is 1. The van der Waals surface area contributed by atoms with Crippen LogP contribution in [0.1, 0.15) is 16.0 Å². The third kappa shape index (κ3) is 2.11. The van der Waals surface area contributed by atoms with Crippen molar-refractivity contribution in [2.75, 3.05) is 0 Å². The number of carbonyl (C=O) groups excluding carboxylic acids is 1. The fourth-order valence-electron chi connectivity index (χ4n) is 2.19. The Labute approximate surface area is 105 Å². The standard InChI is InChI=1S/C14H13NOS/c16-14-8-11-4-1-2-5-12(11)9-15(14)10-13-6-3-7-17-13/h1-7H,8-10H2. The van der Waals surface area contributed by atoms with Gasteiger partial charge in [0, 0.05) is 11.4 Å². The van der Waals surface area contributed by atoms with Crippen LogP contribution in [0.3, 0.4) is 0 Å². The van der Waals surface area contributed by atoms with E-state index in [1.165, 1.54) is 16.0 Å². The summed E-state index contributed by atoms with van der Waals surface area (Å²) in [6.07, 6.45) is 0.543. The molecule has 1 aliphatic rings. The molecule has 2 nitrogen and oxygen atoms in total. The minimum Gasteiger partial charge on any atom is -0.333 e. The van der Waals surface area contributed by atoms with Crippen molar-refractivity contribution in [3.8, 4) is 0 Å². The number of nitrogens with zero attached hydrogens (tertiary/aromatic N) is 1. The highest BCUT2D eigenvalue weighted by atomic mass is 32.1. The first-order valence-electron chi connectivity index (χ1n) is 5.70. The van der Waals surface area contributed by atoms with Gasteiger partial charge in [-0.1, -0.05) is 30.3 Å². The second-order valence-corrected chi connectivity index (χ2v) is 5.31. The van der Waals surface area contributed by atoms with Gasteiger partial charge in [-0.25, -0.2) is 0 Å². The van der Waals surface area contributed by atoms with Crippen LogP contribution in [0.25, 0.3) is 0 Å². The predicted octanol–water partition coefficient (Wildman–Crippen LogP) is 2.83. The van der Waals surface area contributed by atoms with Crippen molar-refractivity contribution in [2.45, 2.75) is 19.5 Å². The minimum absolute atomic E-state index is 0.233. The monoisotopic (exact) mass is 243 g/mol. The maximum absolute atomic E-state index is 12.0. The lowest BCUT2D eigenvalue weighted by atomic mass is 9.99. The summed E-state index contributed by atoms with van der Waals surface area (Å²) < 4.78 is 0. The number of rotatable bonds is 2. The molecule has 2 heterocycles. The van der Waals surface area contributed by atoms with Crippen LogP contribution in [-0.2, 0) is 24.3 Å². The lowest BCUT2D eigenvalue weighted by Crippen LogP contribution is -2.35. The van der Waals surface area contributed by atoms with Gasteiger partial charge in [0.2, 0.25) is 5.91 Å². The molecule has 3 heteroatoms. The van der Waals surface area contributed by atoms with Crippen molar-refractivity contribution in [1.29, 1.82) is 0 Å². The van der Waals surface area contributed by atoms with Crippen molar-refractivity contribution in [1.82, 2.24) is 4.90 Å². The van der Waals surface area contributed by atoms with Crippen molar-refractivity contribution in [3.05, 3.63) is 57.8 Å². The summed E-state index contributed by atoms with van der Waals surface area (Å²) in [5, 5.41) is 2.05. The van der Waals surface area contributed by atoms with E-state index in [1.807, 2.05) is 23.1 Å². The largest absolute Gasteiger partial charge is 0.333 e. The quantitative estimate of drug-likeness (QED) is 0.794. The molecule has 1 amide bonds. The van der Waals surface area contributed by atoms with Gasteiger partial charge >= 0.3 is 0 Å². The molecule has 0 atom stereocenters. The molecule has 17 heavy (non-hydrogen) atoms. The number of benzene rings is 1. The van der Waals surface area contributed by atoms with Gasteiger partial charge in [-0.05, 0) is 22.6 Å². The van der Waals surface area contributed by atoms with Gasteiger partial charge in [-0.15, -0.1) is 11.3 Å². The normalized spacial score (nSPS) is 14.8. The van der Waals surface area contributed by atoms with E-state index in [2.05, 4.69) is 23.6 Å². The number of fused-ring (bicyclic) bond motifs is 1. The average Bonchev–Trinajstić information content (AvgIpc) is 2.83. The first-order valence-corrected chi connectivity index (χ1v) is 6.58. The molecule has 1 aromatic heterocycles. The molecule has 2 aromatic rings. The van der Waals surface area contributed by atoms with Crippen LogP contribution in [0.2, 0.25) is 0 Å². The van der Waals surface area contributed by atoms with E-state index in [9.17, 15) is 4.79 Å². The molecule has 0 saturated carbocycles. The summed E-state index contributed by atoms with van der Waals surface area (Å²) >= 11 is 1.71. The molecule has 0 saturated heterocycles. The van der Waals surface area contributed by atoms with E-state index in [4.69, 9.17) is 0 Å². The van der Waals surface area contributed by atoms with Gasteiger partial charge in [0.25, 0.3) is 0 Å². The van der Waals surface area contributed by atoms with Gasteiger partial charge in [0.05, 0.1) is 13.0 Å².